The lowest BCUT2D eigenvalue weighted by Crippen LogP contribution is -2.46. The van der Waals surface area contributed by atoms with Gasteiger partial charge >= 0.3 is 0 Å². The van der Waals surface area contributed by atoms with Crippen molar-refractivity contribution in [3.8, 4) is 0 Å². The average molecular weight is 301 g/mol. The molecule has 3 nitrogen and oxygen atoms in total. The standard InChI is InChI=1S/C19H31N3/c1-17(13-19-7-5-4-6-8-19)14-20-15-18(2)16-22-11-9-21(3)10-12-22/h4-8,13,18,20H,9-12,14-16H2,1-3H3/b17-13+. The summed E-state index contributed by atoms with van der Waals surface area (Å²) >= 11 is 0. The maximum absolute atomic E-state index is 3.60. The number of nitrogens with zero attached hydrogens (tertiary/aromatic N) is 2. The molecule has 1 heterocycles. The van der Waals surface area contributed by atoms with Crippen molar-refractivity contribution in [1.29, 1.82) is 0 Å². The molecule has 1 N–H and O–H groups in total. The molecule has 1 aliphatic rings. The van der Waals surface area contributed by atoms with E-state index in [9.17, 15) is 0 Å². The number of nitrogens with one attached hydrogen (secondary N) is 1. The Labute approximate surface area is 136 Å². The molecule has 1 aliphatic heterocycles. The Bertz CT molecular complexity index is 447. The van der Waals surface area contributed by atoms with Gasteiger partial charge in [-0.15, -0.1) is 0 Å². The molecule has 0 bridgehead atoms. The van der Waals surface area contributed by atoms with E-state index in [2.05, 4.69) is 72.4 Å². The molecule has 1 aromatic rings. The summed E-state index contributed by atoms with van der Waals surface area (Å²) in [6.45, 7) is 12.7. The molecule has 0 amide bonds. The highest BCUT2D eigenvalue weighted by Crippen LogP contribution is 2.06. The largest absolute Gasteiger partial charge is 0.313 e. The van der Waals surface area contributed by atoms with Crippen molar-refractivity contribution in [1.82, 2.24) is 15.1 Å². The van der Waals surface area contributed by atoms with Gasteiger partial charge in [-0.1, -0.05) is 48.9 Å². The highest BCUT2D eigenvalue weighted by Gasteiger charge is 2.15. The first kappa shape index (κ1) is 17.2. The molecule has 1 saturated heterocycles. The van der Waals surface area contributed by atoms with Crippen LogP contribution in [0.25, 0.3) is 6.08 Å². The van der Waals surface area contributed by atoms with Gasteiger partial charge in [0.25, 0.3) is 0 Å². The number of hydrogen-bond acceptors (Lipinski definition) is 3. The number of benzene rings is 1. The summed E-state index contributed by atoms with van der Waals surface area (Å²) in [7, 11) is 2.21. The van der Waals surface area contributed by atoms with Gasteiger partial charge in [-0.3, -0.25) is 0 Å². The van der Waals surface area contributed by atoms with Crippen LogP contribution in [0.4, 0.5) is 0 Å². The lowest BCUT2D eigenvalue weighted by atomic mass is 10.1. The van der Waals surface area contributed by atoms with E-state index in [1.54, 1.807) is 0 Å². The van der Waals surface area contributed by atoms with Gasteiger partial charge in [0, 0.05) is 39.3 Å². The minimum absolute atomic E-state index is 0.702. The van der Waals surface area contributed by atoms with Crippen molar-refractivity contribution >= 4 is 6.08 Å². The molecule has 0 saturated carbocycles. The van der Waals surface area contributed by atoms with Crippen molar-refractivity contribution in [3.63, 3.8) is 0 Å². The first-order valence-corrected chi connectivity index (χ1v) is 8.47. The zero-order chi connectivity index (χ0) is 15.8. The Morgan fingerprint density at radius 2 is 1.86 bits per heavy atom. The molecule has 2 rings (SSSR count). The highest BCUT2D eigenvalue weighted by molar-refractivity contribution is 5.52. The van der Waals surface area contributed by atoms with Crippen LogP contribution in [0, 0.1) is 5.92 Å². The molecule has 0 aliphatic carbocycles. The monoisotopic (exact) mass is 301 g/mol. The van der Waals surface area contributed by atoms with E-state index < -0.39 is 0 Å². The summed E-state index contributed by atoms with van der Waals surface area (Å²) in [6, 6.07) is 10.5. The van der Waals surface area contributed by atoms with E-state index in [0.29, 0.717) is 5.92 Å². The quantitative estimate of drug-likeness (QED) is 0.835. The fourth-order valence-corrected chi connectivity index (χ4v) is 2.94. The SMILES string of the molecule is C/C(=C\c1ccccc1)CNCC(C)CN1CCN(C)CC1. The summed E-state index contributed by atoms with van der Waals surface area (Å²) in [5.74, 6) is 0.702. The number of hydrogen-bond donors (Lipinski definition) is 1. The van der Waals surface area contributed by atoms with E-state index in [0.717, 1.165) is 13.1 Å². The Morgan fingerprint density at radius 3 is 2.55 bits per heavy atom. The van der Waals surface area contributed by atoms with Gasteiger partial charge in [-0.25, -0.2) is 0 Å². The van der Waals surface area contributed by atoms with Crippen LogP contribution in [0.15, 0.2) is 35.9 Å². The van der Waals surface area contributed by atoms with Crippen LogP contribution >= 0.6 is 0 Å². The molecular weight excluding hydrogens is 270 g/mol. The van der Waals surface area contributed by atoms with Gasteiger partial charge in [-0.05, 0) is 32.0 Å². The second kappa shape index (κ2) is 9.09. The molecule has 1 unspecified atom stereocenters. The van der Waals surface area contributed by atoms with Crippen molar-refractivity contribution in [2.24, 2.45) is 5.92 Å². The zero-order valence-corrected chi connectivity index (χ0v) is 14.4. The van der Waals surface area contributed by atoms with Crippen LogP contribution in [0.5, 0.6) is 0 Å². The van der Waals surface area contributed by atoms with E-state index in [1.807, 2.05) is 0 Å². The van der Waals surface area contributed by atoms with Crippen LogP contribution in [0.3, 0.4) is 0 Å². The summed E-state index contributed by atoms with van der Waals surface area (Å²) in [6.07, 6.45) is 2.26. The molecule has 0 aromatic heterocycles. The summed E-state index contributed by atoms with van der Waals surface area (Å²) < 4.78 is 0. The van der Waals surface area contributed by atoms with E-state index in [-0.39, 0.29) is 0 Å². The van der Waals surface area contributed by atoms with Gasteiger partial charge in [-0.2, -0.15) is 0 Å². The maximum atomic E-state index is 3.60. The fourth-order valence-electron chi connectivity index (χ4n) is 2.94. The summed E-state index contributed by atoms with van der Waals surface area (Å²) in [4.78, 5) is 5.01. The summed E-state index contributed by atoms with van der Waals surface area (Å²) in [5.41, 5.74) is 2.67. The first-order valence-electron chi connectivity index (χ1n) is 8.47. The predicted octanol–water partition coefficient (Wildman–Crippen LogP) is 2.56. The van der Waals surface area contributed by atoms with Gasteiger partial charge in [0.15, 0.2) is 0 Å². The van der Waals surface area contributed by atoms with E-state index in [1.165, 1.54) is 43.9 Å². The lowest BCUT2D eigenvalue weighted by Gasteiger charge is -2.34. The molecule has 0 spiro atoms. The average Bonchev–Trinajstić information content (AvgIpc) is 2.50. The number of likely N-dealkylation sites (N-methyl/N-ethyl adjacent to an activating group) is 1. The highest BCUT2D eigenvalue weighted by atomic mass is 15.2. The van der Waals surface area contributed by atoms with Gasteiger partial charge in [0.2, 0.25) is 0 Å². The number of piperazine rings is 1. The minimum atomic E-state index is 0.702. The van der Waals surface area contributed by atoms with Crippen LogP contribution < -0.4 is 5.32 Å². The molecule has 1 aromatic carbocycles. The fraction of sp³-hybridized carbons (Fsp3) is 0.579. The second-order valence-corrected chi connectivity index (χ2v) is 6.74. The van der Waals surface area contributed by atoms with Crippen LogP contribution in [0.2, 0.25) is 0 Å². The van der Waals surface area contributed by atoms with Crippen molar-refractivity contribution in [2.45, 2.75) is 13.8 Å². The molecular formula is C19H31N3. The maximum Gasteiger partial charge on any atom is 0.0165 e. The zero-order valence-electron chi connectivity index (χ0n) is 14.4. The lowest BCUT2D eigenvalue weighted by molar-refractivity contribution is 0.138. The third-order valence-electron chi connectivity index (χ3n) is 4.28. The van der Waals surface area contributed by atoms with E-state index >= 15 is 0 Å². The molecule has 22 heavy (non-hydrogen) atoms. The van der Waals surface area contributed by atoms with Crippen LogP contribution in [-0.2, 0) is 0 Å². The normalized spacial score (nSPS) is 19.3. The Balaban J connectivity index is 1.64. The third-order valence-corrected chi connectivity index (χ3v) is 4.28. The smallest absolute Gasteiger partial charge is 0.0165 e. The number of rotatable bonds is 7. The van der Waals surface area contributed by atoms with Crippen molar-refractivity contribution < 1.29 is 0 Å². The molecule has 1 fully saturated rings. The third kappa shape index (κ3) is 6.30. The molecule has 0 radical (unpaired) electrons. The van der Waals surface area contributed by atoms with Gasteiger partial charge < -0.3 is 15.1 Å². The van der Waals surface area contributed by atoms with E-state index in [4.69, 9.17) is 0 Å². The Morgan fingerprint density at radius 1 is 1.18 bits per heavy atom. The molecule has 3 heteroatoms. The van der Waals surface area contributed by atoms with Crippen molar-refractivity contribution in [2.75, 3.05) is 52.9 Å². The molecule has 122 valence electrons. The summed E-state index contributed by atoms with van der Waals surface area (Å²) in [5, 5.41) is 3.60. The first-order chi connectivity index (χ1) is 10.6. The van der Waals surface area contributed by atoms with Gasteiger partial charge in [0.05, 0.1) is 0 Å². The molecule has 1 atom stereocenters. The predicted molar refractivity (Wildman–Crippen MR) is 96.1 cm³/mol. The topological polar surface area (TPSA) is 18.5 Å². The van der Waals surface area contributed by atoms with Gasteiger partial charge in [0.1, 0.15) is 0 Å². The van der Waals surface area contributed by atoms with Crippen molar-refractivity contribution in [3.05, 3.63) is 41.5 Å². The Kier molecular flexibility index (Phi) is 7.10. The minimum Gasteiger partial charge on any atom is -0.313 e. The Hall–Kier alpha value is -1.16. The van der Waals surface area contributed by atoms with Crippen LogP contribution in [-0.4, -0.2) is 62.7 Å². The van der Waals surface area contributed by atoms with Crippen LogP contribution in [0.1, 0.15) is 19.4 Å². The second-order valence-electron chi connectivity index (χ2n) is 6.74.